The zero-order valence-electron chi connectivity index (χ0n) is 13.9. The molecule has 2 aromatic carbocycles. The van der Waals surface area contributed by atoms with E-state index in [2.05, 4.69) is 11.4 Å². The maximum Gasteiger partial charge on any atom is 0.228 e. The van der Waals surface area contributed by atoms with Crippen molar-refractivity contribution in [1.29, 1.82) is 0 Å². The Labute approximate surface area is 147 Å². The first-order chi connectivity index (χ1) is 11.6. The van der Waals surface area contributed by atoms with E-state index in [1.807, 2.05) is 36.1 Å². The Balaban J connectivity index is 1.61. The van der Waals surface area contributed by atoms with Gasteiger partial charge in [0.05, 0.1) is 12.8 Å². The van der Waals surface area contributed by atoms with Crippen LogP contribution in [0.3, 0.4) is 0 Å². The van der Waals surface area contributed by atoms with E-state index < -0.39 is 0 Å². The van der Waals surface area contributed by atoms with E-state index in [1.165, 1.54) is 5.56 Å². The summed E-state index contributed by atoms with van der Waals surface area (Å²) in [4.78, 5) is 14.4. The lowest BCUT2D eigenvalue weighted by Crippen LogP contribution is -2.30. The normalized spacial score (nSPS) is 12.9. The Morgan fingerprint density at radius 3 is 2.92 bits per heavy atom. The number of ether oxygens (including phenoxy) is 1. The molecule has 0 aromatic heterocycles. The van der Waals surface area contributed by atoms with Gasteiger partial charge in [-0.2, -0.15) is 0 Å². The number of aryl methyl sites for hydroxylation is 1. The number of anilines is 2. The molecule has 1 amide bonds. The molecular formula is C19H21ClN2O2. The number of fused-ring (bicyclic) bond motifs is 1. The number of para-hydroxylation sites is 1. The highest BCUT2D eigenvalue weighted by atomic mass is 35.5. The Hall–Kier alpha value is -2.20. The molecule has 0 unspecified atom stereocenters. The summed E-state index contributed by atoms with van der Waals surface area (Å²) < 4.78 is 5.34. The SMILES string of the molecule is COc1cc(Cl)c(C)cc1NCCC(=O)N1CCc2ccccc21. The summed E-state index contributed by atoms with van der Waals surface area (Å²) in [5.41, 5.74) is 4.12. The van der Waals surface area contributed by atoms with Crippen LogP contribution in [0, 0.1) is 6.92 Å². The van der Waals surface area contributed by atoms with Gasteiger partial charge in [-0.3, -0.25) is 4.79 Å². The minimum atomic E-state index is 0.136. The Kier molecular flexibility index (Phi) is 4.95. The average Bonchev–Trinajstić information content (AvgIpc) is 3.01. The highest BCUT2D eigenvalue weighted by Gasteiger charge is 2.23. The first-order valence-electron chi connectivity index (χ1n) is 8.06. The smallest absolute Gasteiger partial charge is 0.228 e. The molecule has 126 valence electrons. The maximum absolute atomic E-state index is 12.5. The van der Waals surface area contributed by atoms with Crippen molar-refractivity contribution in [1.82, 2.24) is 0 Å². The molecule has 0 radical (unpaired) electrons. The molecule has 5 heteroatoms. The van der Waals surface area contributed by atoms with Crippen molar-refractivity contribution in [3.05, 3.63) is 52.5 Å². The number of amides is 1. The van der Waals surface area contributed by atoms with E-state index in [4.69, 9.17) is 16.3 Å². The number of hydrogen-bond acceptors (Lipinski definition) is 3. The zero-order valence-corrected chi connectivity index (χ0v) is 14.7. The molecule has 0 bridgehead atoms. The summed E-state index contributed by atoms with van der Waals surface area (Å²) in [6.07, 6.45) is 1.36. The van der Waals surface area contributed by atoms with Gasteiger partial charge in [-0.05, 0) is 36.6 Å². The van der Waals surface area contributed by atoms with Gasteiger partial charge in [-0.25, -0.2) is 0 Å². The Bertz CT molecular complexity index is 761. The number of hydrogen-bond donors (Lipinski definition) is 1. The number of carbonyl (C=O) groups excluding carboxylic acids is 1. The van der Waals surface area contributed by atoms with Crippen LogP contribution in [-0.4, -0.2) is 26.1 Å². The molecule has 0 saturated heterocycles. The predicted octanol–water partition coefficient (Wildman–Crippen LogP) is 4.05. The molecular weight excluding hydrogens is 324 g/mol. The van der Waals surface area contributed by atoms with E-state index in [9.17, 15) is 4.79 Å². The summed E-state index contributed by atoms with van der Waals surface area (Å²) in [6.45, 7) is 3.26. The van der Waals surface area contributed by atoms with Crippen molar-refractivity contribution in [2.45, 2.75) is 19.8 Å². The molecule has 1 heterocycles. The van der Waals surface area contributed by atoms with Gasteiger partial charge in [0.1, 0.15) is 5.75 Å². The molecule has 24 heavy (non-hydrogen) atoms. The topological polar surface area (TPSA) is 41.6 Å². The van der Waals surface area contributed by atoms with Gasteiger partial charge in [0.2, 0.25) is 5.91 Å². The number of rotatable bonds is 5. The van der Waals surface area contributed by atoms with Crippen LogP contribution >= 0.6 is 11.6 Å². The summed E-state index contributed by atoms with van der Waals surface area (Å²) in [5.74, 6) is 0.821. The Morgan fingerprint density at radius 1 is 1.33 bits per heavy atom. The standard InChI is InChI=1S/C19H21ClN2O2/c1-13-11-16(18(24-2)12-15(13)20)21-9-7-19(23)22-10-8-14-5-3-4-6-17(14)22/h3-6,11-12,21H,7-10H2,1-2H3. The molecule has 1 N–H and O–H groups in total. The van der Waals surface area contributed by atoms with Gasteiger partial charge in [0, 0.05) is 36.3 Å². The second-order valence-corrected chi connectivity index (χ2v) is 6.31. The number of methoxy groups -OCH3 is 1. The fourth-order valence-electron chi connectivity index (χ4n) is 3.01. The van der Waals surface area contributed by atoms with Crippen LogP contribution in [0.15, 0.2) is 36.4 Å². The van der Waals surface area contributed by atoms with E-state index in [1.54, 1.807) is 13.2 Å². The van der Waals surface area contributed by atoms with E-state index in [-0.39, 0.29) is 5.91 Å². The number of halogens is 1. The van der Waals surface area contributed by atoms with Gasteiger partial charge in [-0.1, -0.05) is 29.8 Å². The number of carbonyl (C=O) groups is 1. The van der Waals surface area contributed by atoms with Crippen molar-refractivity contribution in [2.75, 3.05) is 30.4 Å². The number of nitrogens with zero attached hydrogens (tertiary/aromatic N) is 1. The maximum atomic E-state index is 12.5. The van der Waals surface area contributed by atoms with Gasteiger partial charge in [0.15, 0.2) is 0 Å². The molecule has 1 aliphatic heterocycles. The van der Waals surface area contributed by atoms with Crippen molar-refractivity contribution in [3.8, 4) is 5.75 Å². The number of nitrogens with one attached hydrogen (secondary N) is 1. The van der Waals surface area contributed by atoms with E-state index in [0.717, 1.165) is 29.9 Å². The third-order valence-electron chi connectivity index (χ3n) is 4.32. The molecule has 1 aliphatic rings. The van der Waals surface area contributed by atoms with Crippen molar-refractivity contribution < 1.29 is 9.53 Å². The Morgan fingerprint density at radius 2 is 2.12 bits per heavy atom. The molecule has 3 rings (SSSR count). The van der Waals surface area contributed by atoms with Crippen molar-refractivity contribution >= 4 is 28.9 Å². The molecule has 0 atom stereocenters. The molecule has 0 spiro atoms. The quantitative estimate of drug-likeness (QED) is 0.889. The van der Waals surface area contributed by atoms with Crippen LogP contribution in [0.25, 0.3) is 0 Å². The van der Waals surface area contributed by atoms with Gasteiger partial charge in [-0.15, -0.1) is 0 Å². The predicted molar refractivity (Wildman–Crippen MR) is 98.3 cm³/mol. The fraction of sp³-hybridized carbons (Fsp3) is 0.316. The zero-order chi connectivity index (χ0) is 17.1. The largest absolute Gasteiger partial charge is 0.495 e. The average molecular weight is 345 g/mol. The number of benzene rings is 2. The highest BCUT2D eigenvalue weighted by Crippen LogP contribution is 2.31. The second kappa shape index (κ2) is 7.14. The first-order valence-corrected chi connectivity index (χ1v) is 8.44. The lowest BCUT2D eigenvalue weighted by atomic mass is 10.2. The molecule has 2 aromatic rings. The third-order valence-corrected chi connectivity index (χ3v) is 4.73. The summed E-state index contributed by atoms with van der Waals surface area (Å²) >= 11 is 6.11. The second-order valence-electron chi connectivity index (χ2n) is 5.90. The van der Waals surface area contributed by atoms with Crippen LogP contribution in [0.4, 0.5) is 11.4 Å². The van der Waals surface area contributed by atoms with Gasteiger partial charge in [0.25, 0.3) is 0 Å². The molecule has 0 saturated carbocycles. The van der Waals surface area contributed by atoms with Crippen LogP contribution in [0.1, 0.15) is 17.5 Å². The molecule has 0 aliphatic carbocycles. The van der Waals surface area contributed by atoms with Gasteiger partial charge >= 0.3 is 0 Å². The summed E-state index contributed by atoms with van der Waals surface area (Å²) in [6, 6.07) is 11.8. The van der Waals surface area contributed by atoms with Crippen LogP contribution in [-0.2, 0) is 11.2 Å². The monoisotopic (exact) mass is 344 g/mol. The molecule has 0 fully saturated rings. The van der Waals surface area contributed by atoms with Crippen molar-refractivity contribution in [3.63, 3.8) is 0 Å². The first kappa shape index (κ1) is 16.7. The van der Waals surface area contributed by atoms with Crippen LogP contribution < -0.4 is 15.0 Å². The van der Waals surface area contributed by atoms with Gasteiger partial charge < -0.3 is 15.0 Å². The van der Waals surface area contributed by atoms with Crippen molar-refractivity contribution in [2.24, 2.45) is 0 Å². The molecule has 4 nitrogen and oxygen atoms in total. The minimum Gasteiger partial charge on any atom is -0.495 e. The van der Waals surface area contributed by atoms with Crippen LogP contribution in [0.5, 0.6) is 5.75 Å². The highest BCUT2D eigenvalue weighted by molar-refractivity contribution is 6.31. The minimum absolute atomic E-state index is 0.136. The third kappa shape index (κ3) is 3.34. The summed E-state index contributed by atoms with van der Waals surface area (Å²) in [7, 11) is 1.61. The summed E-state index contributed by atoms with van der Waals surface area (Å²) in [5, 5.41) is 3.95. The lowest BCUT2D eigenvalue weighted by Gasteiger charge is -2.18. The fourth-order valence-corrected chi connectivity index (χ4v) is 3.16. The van der Waals surface area contributed by atoms with E-state index >= 15 is 0 Å². The lowest BCUT2D eigenvalue weighted by molar-refractivity contribution is -0.118. The van der Waals surface area contributed by atoms with Crippen LogP contribution in [0.2, 0.25) is 5.02 Å². The van der Waals surface area contributed by atoms with E-state index in [0.29, 0.717) is 23.7 Å².